The summed E-state index contributed by atoms with van der Waals surface area (Å²) >= 11 is 0. The van der Waals surface area contributed by atoms with Gasteiger partial charge in [0.15, 0.2) is 18.0 Å². The summed E-state index contributed by atoms with van der Waals surface area (Å²) in [6.07, 6.45) is -3.58. The number of amidine groups is 1. The van der Waals surface area contributed by atoms with Crippen LogP contribution in [0.3, 0.4) is 0 Å². The van der Waals surface area contributed by atoms with E-state index in [-0.39, 0.29) is 24.4 Å². The standard InChI is InChI=1S/C23H22F2N4O7/c1-34-22(33)14-3-2-4-15(17(14)36-23(24)25)29-7-8-35-18(21(29)32)16(30)20(31)28-12-5-6-13-11(9-12)10-27-19(13)26/h2-6,9,16,18,23,30H,7-8,10H2,1H3,(H2,26,27)(H,28,31)/t16-,18-/m1/s1. The van der Waals surface area contributed by atoms with Crippen LogP contribution in [0.15, 0.2) is 41.4 Å². The molecule has 0 saturated carbocycles. The zero-order chi connectivity index (χ0) is 26.0. The van der Waals surface area contributed by atoms with Crippen LogP contribution in [-0.2, 0) is 25.6 Å². The second-order valence-electron chi connectivity index (χ2n) is 7.81. The Kier molecular flexibility index (Phi) is 7.12. The van der Waals surface area contributed by atoms with E-state index in [1.165, 1.54) is 18.2 Å². The molecule has 0 unspecified atom stereocenters. The number of aliphatic hydroxyl groups is 1. The molecule has 2 heterocycles. The summed E-state index contributed by atoms with van der Waals surface area (Å²) in [7, 11) is 1.06. The average molecular weight is 504 g/mol. The SMILES string of the molecule is COC(=O)c1cccc(N2CCO[C@H]([C@@H](O)C(=O)Nc3ccc4c(c3)CN=C4N)C2=O)c1OC(F)F. The molecule has 11 nitrogen and oxygen atoms in total. The molecule has 2 amide bonds. The van der Waals surface area contributed by atoms with Gasteiger partial charge in [0.2, 0.25) is 0 Å². The summed E-state index contributed by atoms with van der Waals surface area (Å²) in [6, 6.07) is 8.73. The number of nitrogens with one attached hydrogen (secondary N) is 1. The number of nitrogens with zero attached hydrogens (tertiary/aromatic N) is 2. The molecule has 2 aliphatic rings. The molecule has 1 fully saturated rings. The minimum absolute atomic E-state index is 0.111. The van der Waals surface area contributed by atoms with Crippen LogP contribution in [0, 0.1) is 0 Å². The molecule has 0 aromatic heterocycles. The first kappa shape index (κ1) is 25.0. The minimum Gasteiger partial charge on any atom is -0.465 e. The molecule has 0 spiro atoms. The lowest BCUT2D eigenvalue weighted by Crippen LogP contribution is -2.55. The lowest BCUT2D eigenvalue weighted by atomic mass is 10.1. The van der Waals surface area contributed by atoms with E-state index in [1.54, 1.807) is 18.2 Å². The Labute approximate surface area is 203 Å². The molecular weight excluding hydrogens is 482 g/mol. The fraction of sp³-hybridized carbons (Fsp3) is 0.304. The number of aliphatic imine (C=N–C) groups is 1. The maximum absolute atomic E-state index is 13.2. The highest BCUT2D eigenvalue weighted by atomic mass is 19.3. The number of aliphatic hydroxyl groups excluding tert-OH is 1. The van der Waals surface area contributed by atoms with E-state index in [4.69, 9.17) is 10.5 Å². The Balaban J connectivity index is 1.55. The number of anilines is 2. The largest absolute Gasteiger partial charge is 0.465 e. The summed E-state index contributed by atoms with van der Waals surface area (Å²) in [5, 5.41) is 13.1. The van der Waals surface area contributed by atoms with Gasteiger partial charge in [-0.1, -0.05) is 6.07 Å². The normalized spacial score (nSPS) is 17.9. The molecule has 13 heteroatoms. The molecule has 0 aliphatic carbocycles. The number of methoxy groups -OCH3 is 1. The van der Waals surface area contributed by atoms with Crippen LogP contribution < -0.4 is 20.7 Å². The van der Waals surface area contributed by atoms with Gasteiger partial charge < -0.3 is 35.3 Å². The van der Waals surface area contributed by atoms with Crippen molar-refractivity contribution in [1.82, 2.24) is 0 Å². The van der Waals surface area contributed by atoms with E-state index >= 15 is 0 Å². The fourth-order valence-corrected chi connectivity index (χ4v) is 3.95. The van der Waals surface area contributed by atoms with E-state index in [1.807, 2.05) is 0 Å². The number of rotatable bonds is 7. The molecule has 36 heavy (non-hydrogen) atoms. The van der Waals surface area contributed by atoms with Gasteiger partial charge in [-0.3, -0.25) is 14.6 Å². The van der Waals surface area contributed by atoms with Crippen LogP contribution >= 0.6 is 0 Å². The predicted octanol–water partition coefficient (Wildman–Crippen LogP) is 1.02. The van der Waals surface area contributed by atoms with Gasteiger partial charge in [0.1, 0.15) is 11.4 Å². The molecule has 190 valence electrons. The molecule has 0 radical (unpaired) electrons. The number of benzene rings is 2. The first-order valence-corrected chi connectivity index (χ1v) is 10.7. The third kappa shape index (κ3) is 4.83. The third-order valence-corrected chi connectivity index (χ3v) is 5.64. The van der Waals surface area contributed by atoms with Gasteiger partial charge in [0.25, 0.3) is 11.8 Å². The van der Waals surface area contributed by atoms with Crippen molar-refractivity contribution >= 4 is 35.0 Å². The molecule has 0 bridgehead atoms. The van der Waals surface area contributed by atoms with Gasteiger partial charge in [-0.2, -0.15) is 8.78 Å². The number of para-hydroxylation sites is 1. The van der Waals surface area contributed by atoms with E-state index in [0.717, 1.165) is 23.1 Å². The molecule has 1 saturated heterocycles. The highest BCUT2D eigenvalue weighted by molar-refractivity contribution is 6.06. The Bertz CT molecular complexity index is 1240. The van der Waals surface area contributed by atoms with Gasteiger partial charge in [-0.15, -0.1) is 0 Å². The third-order valence-electron chi connectivity index (χ3n) is 5.64. The van der Waals surface area contributed by atoms with E-state index in [9.17, 15) is 28.3 Å². The van der Waals surface area contributed by atoms with E-state index < -0.39 is 42.4 Å². The topological polar surface area (TPSA) is 153 Å². The fourth-order valence-electron chi connectivity index (χ4n) is 3.95. The zero-order valence-corrected chi connectivity index (χ0v) is 18.9. The number of halogens is 2. The number of alkyl halides is 2. The number of carbonyl (C=O) groups excluding carboxylic acids is 3. The number of amides is 2. The highest BCUT2D eigenvalue weighted by Gasteiger charge is 2.41. The van der Waals surface area contributed by atoms with Crippen LogP contribution in [0.1, 0.15) is 21.5 Å². The molecule has 2 aromatic rings. The Morgan fingerprint density at radius 3 is 2.81 bits per heavy atom. The van der Waals surface area contributed by atoms with Crippen LogP contribution in [0.5, 0.6) is 5.75 Å². The number of esters is 1. The van der Waals surface area contributed by atoms with E-state index in [2.05, 4.69) is 19.8 Å². The van der Waals surface area contributed by atoms with E-state index in [0.29, 0.717) is 18.1 Å². The molecule has 4 rings (SSSR count). The van der Waals surface area contributed by atoms with Crippen LogP contribution in [0.4, 0.5) is 20.2 Å². The van der Waals surface area contributed by atoms with Crippen molar-refractivity contribution in [2.24, 2.45) is 10.7 Å². The minimum atomic E-state index is -3.30. The molecule has 2 aromatic carbocycles. The van der Waals surface area contributed by atoms with Crippen molar-refractivity contribution in [3.8, 4) is 5.75 Å². The number of morpholine rings is 1. The summed E-state index contributed by atoms with van der Waals surface area (Å²) in [5.41, 5.74) is 7.16. The molecular formula is C23H22F2N4O7. The van der Waals surface area contributed by atoms with Crippen molar-refractivity contribution in [2.45, 2.75) is 25.4 Å². The summed E-state index contributed by atoms with van der Waals surface area (Å²) < 4.78 is 40.8. The second-order valence-corrected chi connectivity index (χ2v) is 7.81. The molecule has 4 N–H and O–H groups in total. The predicted molar refractivity (Wildman–Crippen MR) is 122 cm³/mol. The smallest absolute Gasteiger partial charge is 0.387 e. The number of nitrogens with two attached hydrogens (primary N) is 1. The first-order valence-electron chi connectivity index (χ1n) is 10.7. The number of hydrogen-bond acceptors (Lipinski definition) is 9. The Morgan fingerprint density at radius 2 is 2.08 bits per heavy atom. The van der Waals surface area contributed by atoms with Gasteiger partial charge >= 0.3 is 12.6 Å². The van der Waals surface area contributed by atoms with Gasteiger partial charge in [-0.25, -0.2) is 4.79 Å². The van der Waals surface area contributed by atoms with Gasteiger partial charge in [0.05, 0.1) is 25.9 Å². The Morgan fingerprint density at radius 1 is 1.31 bits per heavy atom. The lowest BCUT2D eigenvalue weighted by molar-refractivity contribution is -0.150. The van der Waals surface area contributed by atoms with Gasteiger partial charge in [-0.05, 0) is 35.9 Å². The maximum Gasteiger partial charge on any atom is 0.387 e. The lowest BCUT2D eigenvalue weighted by Gasteiger charge is -2.35. The quantitative estimate of drug-likeness (QED) is 0.473. The average Bonchev–Trinajstić information content (AvgIpc) is 3.23. The van der Waals surface area contributed by atoms with Crippen molar-refractivity contribution in [1.29, 1.82) is 0 Å². The summed E-state index contributed by atoms with van der Waals surface area (Å²) in [4.78, 5) is 43.1. The second kappa shape index (κ2) is 10.3. The van der Waals surface area contributed by atoms with Gasteiger partial charge in [0, 0.05) is 17.8 Å². The maximum atomic E-state index is 13.2. The van der Waals surface area contributed by atoms with Crippen molar-refractivity contribution < 1.29 is 42.5 Å². The van der Waals surface area contributed by atoms with Crippen LogP contribution in [-0.4, -0.2) is 67.8 Å². The summed E-state index contributed by atoms with van der Waals surface area (Å²) in [5.74, 6) is -2.96. The highest BCUT2D eigenvalue weighted by Crippen LogP contribution is 2.35. The molecule has 2 atom stereocenters. The van der Waals surface area contributed by atoms with Crippen molar-refractivity contribution in [3.05, 3.63) is 53.1 Å². The van der Waals surface area contributed by atoms with Crippen LogP contribution in [0.2, 0.25) is 0 Å². The number of fused-ring (bicyclic) bond motifs is 1. The van der Waals surface area contributed by atoms with Crippen molar-refractivity contribution in [3.63, 3.8) is 0 Å². The van der Waals surface area contributed by atoms with Crippen LogP contribution in [0.25, 0.3) is 0 Å². The zero-order valence-electron chi connectivity index (χ0n) is 18.9. The molecule has 2 aliphatic heterocycles. The summed E-state index contributed by atoms with van der Waals surface area (Å²) in [6.45, 7) is -3.20. The number of carbonyl (C=O) groups is 3. The monoisotopic (exact) mass is 504 g/mol. The first-order chi connectivity index (χ1) is 17.2. The Hall–Kier alpha value is -4.10. The number of hydrogen-bond donors (Lipinski definition) is 3. The number of ether oxygens (including phenoxy) is 3. The van der Waals surface area contributed by atoms with Crippen molar-refractivity contribution in [2.75, 3.05) is 30.5 Å².